The van der Waals surface area contributed by atoms with E-state index in [0.717, 1.165) is 11.1 Å². The van der Waals surface area contributed by atoms with Gasteiger partial charge in [-0.3, -0.25) is 14.6 Å². The predicted octanol–water partition coefficient (Wildman–Crippen LogP) is 4.68. The number of pyridine rings is 2. The van der Waals surface area contributed by atoms with Gasteiger partial charge in [0.25, 0.3) is 11.8 Å². The minimum atomic E-state index is -0.809. The van der Waals surface area contributed by atoms with E-state index in [2.05, 4.69) is 15.1 Å². The molecule has 0 aliphatic carbocycles. The number of esters is 1. The molecule has 1 aliphatic heterocycles. The van der Waals surface area contributed by atoms with Crippen LogP contribution in [0.4, 0.5) is 10.2 Å². The van der Waals surface area contributed by atoms with Crippen molar-refractivity contribution >= 4 is 34.5 Å². The number of carbonyl (C=O) groups excluding carboxylic acids is 3. The first-order chi connectivity index (χ1) is 19.4. The third-order valence-electron chi connectivity index (χ3n) is 6.49. The van der Waals surface area contributed by atoms with E-state index in [9.17, 15) is 18.8 Å². The van der Waals surface area contributed by atoms with Crippen molar-refractivity contribution in [2.75, 3.05) is 12.0 Å². The van der Waals surface area contributed by atoms with E-state index >= 15 is 0 Å². The highest BCUT2D eigenvalue weighted by Gasteiger charge is 2.39. The van der Waals surface area contributed by atoms with Crippen molar-refractivity contribution in [2.24, 2.45) is 0 Å². The predicted molar refractivity (Wildman–Crippen MR) is 141 cm³/mol. The van der Waals surface area contributed by atoms with Gasteiger partial charge in [-0.1, -0.05) is 12.1 Å². The summed E-state index contributed by atoms with van der Waals surface area (Å²) in [6, 6.07) is 15.7. The molecule has 0 bridgehead atoms. The SMILES string of the molecule is COC(=O)c1ccc2nc(N3C(=O)c4ccccc4C3=O)c(O[C@@H](C)c3ncc(F)cc3-n3cccn3)cc2c1. The van der Waals surface area contributed by atoms with Gasteiger partial charge < -0.3 is 9.47 Å². The number of anilines is 1. The third kappa shape index (κ3) is 4.13. The second-order valence-electron chi connectivity index (χ2n) is 8.97. The molecule has 0 spiro atoms. The Bertz CT molecular complexity index is 1790. The largest absolute Gasteiger partial charge is 0.480 e. The van der Waals surface area contributed by atoms with Crippen LogP contribution in [0, 0.1) is 5.82 Å². The van der Waals surface area contributed by atoms with Gasteiger partial charge in [0.05, 0.1) is 41.2 Å². The van der Waals surface area contributed by atoms with Crippen LogP contribution in [0.25, 0.3) is 16.6 Å². The van der Waals surface area contributed by atoms with Gasteiger partial charge in [-0.25, -0.2) is 23.8 Å². The summed E-state index contributed by atoms with van der Waals surface area (Å²) in [5.74, 6) is -2.15. The van der Waals surface area contributed by atoms with E-state index in [1.807, 2.05) is 0 Å². The molecule has 4 heterocycles. The molecule has 2 amide bonds. The van der Waals surface area contributed by atoms with Gasteiger partial charge >= 0.3 is 5.97 Å². The number of ether oxygens (including phenoxy) is 2. The Morgan fingerprint density at radius 3 is 2.42 bits per heavy atom. The van der Waals surface area contributed by atoms with Crippen LogP contribution in [0.2, 0.25) is 0 Å². The molecule has 11 heteroatoms. The van der Waals surface area contributed by atoms with Crippen molar-refractivity contribution in [1.29, 1.82) is 0 Å². The second kappa shape index (κ2) is 9.70. The van der Waals surface area contributed by atoms with Gasteiger partial charge in [0.1, 0.15) is 17.6 Å². The quantitative estimate of drug-likeness (QED) is 0.226. The normalized spacial score (nSPS) is 13.4. The second-order valence-corrected chi connectivity index (χ2v) is 8.97. The standard InChI is InChI=1S/C29H20FN5O5/c1-16(25-23(14-19(30)15-31-25)34-11-5-10-32-34)40-24-13-18-12-17(29(38)39-2)8-9-22(18)33-26(24)35-27(36)20-6-3-4-7-21(20)28(35)37/h3-16H,1-2H3/t16-/m0/s1. The molecule has 0 fully saturated rings. The van der Waals surface area contributed by atoms with E-state index in [-0.39, 0.29) is 28.3 Å². The summed E-state index contributed by atoms with van der Waals surface area (Å²) in [7, 11) is 1.28. The molecule has 0 N–H and O–H groups in total. The fraction of sp³-hybridized carbons (Fsp3) is 0.103. The van der Waals surface area contributed by atoms with Gasteiger partial charge in [0, 0.05) is 23.8 Å². The Hall–Kier alpha value is -5.45. The summed E-state index contributed by atoms with van der Waals surface area (Å²) in [6.07, 6.45) is 3.45. The summed E-state index contributed by atoms with van der Waals surface area (Å²) < 4.78 is 26.7. The first-order valence-electron chi connectivity index (χ1n) is 12.2. The summed E-state index contributed by atoms with van der Waals surface area (Å²) in [6.45, 7) is 1.69. The number of fused-ring (bicyclic) bond motifs is 2. The fourth-order valence-electron chi connectivity index (χ4n) is 4.61. The molecule has 0 radical (unpaired) electrons. The van der Waals surface area contributed by atoms with Gasteiger partial charge in [0.2, 0.25) is 0 Å². The lowest BCUT2D eigenvalue weighted by Crippen LogP contribution is -2.31. The number of imide groups is 1. The Morgan fingerprint density at radius 2 is 1.75 bits per heavy atom. The lowest BCUT2D eigenvalue weighted by molar-refractivity contribution is 0.0600. The van der Waals surface area contributed by atoms with E-state index < -0.39 is 29.7 Å². The van der Waals surface area contributed by atoms with Crippen molar-refractivity contribution < 1.29 is 28.2 Å². The average Bonchev–Trinajstić information content (AvgIpc) is 3.59. The van der Waals surface area contributed by atoms with Crippen LogP contribution >= 0.6 is 0 Å². The van der Waals surface area contributed by atoms with Gasteiger partial charge in [-0.15, -0.1) is 0 Å². The zero-order valence-corrected chi connectivity index (χ0v) is 21.2. The van der Waals surface area contributed by atoms with Gasteiger partial charge in [-0.2, -0.15) is 5.10 Å². The third-order valence-corrected chi connectivity index (χ3v) is 6.49. The maximum absolute atomic E-state index is 14.1. The van der Waals surface area contributed by atoms with Crippen molar-refractivity contribution in [1.82, 2.24) is 19.7 Å². The number of aromatic nitrogens is 4. The lowest BCUT2D eigenvalue weighted by Gasteiger charge is -2.22. The van der Waals surface area contributed by atoms with Crippen LogP contribution in [-0.4, -0.2) is 44.6 Å². The van der Waals surface area contributed by atoms with Gasteiger partial charge in [-0.05, 0) is 49.4 Å². The minimum absolute atomic E-state index is 0.0286. The van der Waals surface area contributed by atoms with Crippen LogP contribution < -0.4 is 9.64 Å². The zero-order valence-electron chi connectivity index (χ0n) is 21.2. The maximum Gasteiger partial charge on any atom is 0.337 e. The molecule has 5 aromatic rings. The monoisotopic (exact) mass is 537 g/mol. The van der Waals surface area contributed by atoms with Crippen LogP contribution in [0.5, 0.6) is 5.75 Å². The Kier molecular flexibility index (Phi) is 6.03. The number of carbonyl (C=O) groups is 3. The number of hydrogen-bond acceptors (Lipinski definition) is 8. The molecule has 1 aliphatic rings. The summed E-state index contributed by atoms with van der Waals surface area (Å²) in [5, 5.41) is 4.68. The summed E-state index contributed by atoms with van der Waals surface area (Å²) >= 11 is 0. The molecule has 40 heavy (non-hydrogen) atoms. The molecule has 1 atom stereocenters. The number of nitrogens with zero attached hydrogens (tertiary/aromatic N) is 5. The lowest BCUT2D eigenvalue weighted by atomic mass is 10.1. The van der Waals surface area contributed by atoms with E-state index in [4.69, 9.17) is 9.47 Å². The molecule has 6 rings (SSSR count). The summed E-state index contributed by atoms with van der Waals surface area (Å²) in [5.41, 5.74) is 1.89. The number of methoxy groups -OCH3 is 1. The number of amides is 2. The molecule has 3 aromatic heterocycles. The topological polar surface area (TPSA) is 117 Å². The molecule has 0 saturated heterocycles. The van der Waals surface area contributed by atoms with Crippen LogP contribution in [0.1, 0.15) is 49.8 Å². The van der Waals surface area contributed by atoms with E-state index in [1.165, 1.54) is 23.9 Å². The van der Waals surface area contributed by atoms with Crippen molar-refractivity contribution in [2.45, 2.75) is 13.0 Å². The molecule has 198 valence electrons. The molecule has 0 unspecified atom stereocenters. The van der Waals surface area contributed by atoms with Crippen molar-refractivity contribution in [3.05, 3.63) is 107 Å². The smallest absolute Gasteiger partial charge is 0.337 e. The molecular formula is C29H20FN5O5. The number of benzene rings is 2. The highest BCUT2D eigenvalue weighted by atomic mass is 19.1. The van der Waals surface area contributed by atoms with E-state index in [1.54, 1.807) is 67.8 Å². The maximum atomic E-state index is 14.1. The number of rotatable bonds is 6. The first kappa shape index (κ1) is 24.9. The van der Waals surface area contributed by atoms with Crippen molar-refractivity contribution in [3.8, 4) is 11.4 Å². The Labute approximate surface area is 226 Å². The van der Waals surface area contributed by atoms with Crippen LogP contribution in [0.3, 0.4) is 0 Å². The van der Waals surface area contributed by atoms with Crippen LogP contribution in [0.15, 0.2) is 79.3 Å². The Balaban J connectivity index is 1.49. The molecule has 10 nitrogen and oxygen atoms in total. The van der Waals surface area contributed by atoms with Crippen LogP contribution in [-0.2, 0) is 4.74 Å². The fourth-order valence-corrected chi connectivity index (χ4v) is 4.61. The highest BCUT2D eigenvalue weighted by Crippen LogP contribution is 2.38. The summed E-state index contributed by atoms with van der Waals surface area (Å²) in [4.78, 5) is 48.7. The Morgan fingerprint density at radius 1 is 1.00 bits per heavy atom. The highest BCUT2D eigenvalue weighted by molar-refractivity contribution is 6.34. The number of halogens is 1. The molecule has 0 saturated carbocycles. The van der Waals surface area contributed by atoms with Crippen molar-refractivity contribution in [3.63, 3.8) is 0 Å². The van der Waals surface area contributed by atoms with E-state index in [0.29, 0.717) is 22.3 Å². The first-order valence-corrected chi connectivity index (χ1v) is 12.2. The molecular weight excluding hydrogens is 517 g/mol. The van der Waals surface area contributed by atoms with Gasteiger partial charge in [0.15, 0.2) is 11.6 Å². The minimum Gasteiger partial charge on any atom is -0.480 e. The molecule has 2 aromatic carbocycles. The average molecular weight is 538 g/mol. The zero-order chi connectivity index (χ0) is 28.0. The number of hydrogen-bond donors (Lipinski definition) is 0.